The standard InChI is InChI=1S/C28H27F4N9O/c1-14-7-21(27(31)32)38-41(14)28-17(26(29)30)5-6-25(35-28)40-13-33-19-9-20(23(42-4)10-22(19)40)34-24-8-18(15(2)36-37-24)16-11-39(3)12-16/h5-10,13,16,26-27H,11-12H2,1-4H3,(H,34,37). The molecule has 0 saturated carbocycles. The Morgan fingerprint density at radius 3 is 2.45 bits per heavy atom. The zero-order valence-electron chi connectivity index (χ0n) is 23.2. The molecule has 1 aliphatic heterocycles. The summed E-state index contributed by atoms with van der Waals surface area (Å²) in [7, 11) is 3.60. The maximum Gasteiger partial charge on any atom is 0.282 e. The molecule has 0 unspecified atom stereocenters. The summed E-state index contributed by atoms with van der Waals surface area (Å²) in [6, 6.07) is 9.28. The third-order valence-corrected chi connectivity index (χ3v) is 7.36. The summed E-state index contributed by atoms with van der Waals surface area (Å²) in [5.74, 6) is 1.44. The van der Waals surface area contributed by atoms with Crippen molar-refractivity contribution in [3.8, 4) is 17.4 Å². The van der Waals surface area contributed by atoms with Gasteiger partial charge in [-0.05, 0) is 56.8 Å². The summed E-state index contributed by atoms with van der Waals surface area (Å²) in [4.78, 5) is 11.1. The molecule has 5 heterocycles. The molecule has 4 aromatic heterocycles. The fourth-order valence-electron chi connectivity index (χ4n) is 5.20. The van der Waals surface area contributed by atoms with Gasteiger partial charge in [-0.3, -0.25) is 4.57 Å². The fourth-order valence-corrected chi connectivity index (χ4v) is 5.20. The Bertz CT molecular complexity index is 1780. The van der Waals surface area contributed by atoms with Gasteiger partial charge in [0.2, 0.25) is 0 Å². The van der Waals surface area contributed by atoms with E-state index in [0.717, 1.165) is 35.1 Å². The maximum absolute atomic E-state index is 13.9. The highest BCUT2D eigenvalue weighted by Crippen LogP contribution is 2.35. The van der Waals surface area contributed by atoms with Crippen LogP contribution in [-0.4, -0.2) is 66.7 Å². The van der Waals surface area contributed by atoms with Crippen molar-refractivity contribution in [3.05, 3.63) is 70.9 Å². The number of hydrogen-bond donors (Lipinski definition) is 1. The number of aromatic nitrogens is 7. The Morgan fingerprint density at radius 2 is 1.79 bits per heavy atom. The number of likely N-dealkylation sites (N-methyl/N-ethyl adjacent to an activating group) is 1. The molecule has 5 aromatic rings. The third kappa shape index (κ3) is 4.91. The highest BCUT2D eigenvalue weighted by molar-refractivity contribution is 5.86. The molecule has 0 amide bonds. The van der Waals surface area contributed by atoms with Crippen LogP contribution in [0.25, 0.3) is 22.7 Å². The number of anilines is 2. The van der Waals surface area contributed by atoms with Crippen molar-refractivity contribution in [2.45, 2.75) is 32.6 Å². The Hall–Kier alpha value is -4.59. The monoisotopic (exact) mass is 581 g/mol. The molecule has 218 valence electrons. The Labute approximate surface area is 238 Å². The molecular weight excluding hydrogens is 554 g/mol. The normalized spacial score (nSPS) is 14.2. The van der Waals surface area contributed by atoms with Gasteiger partial charge in [-0.25, -0.2) is 32.2 Å². The number of fused-ring (bicyclic) bond motifs is 1. The summed E-state index contributed by atoms with van der Waals surface area (Å²) in [6.07, 6.45) is -4.25. The zero-order valence-corrected chi connectivity index (χ0v) is 23.2. The van der Waals surface area contributed by atoms with Gasteiger partial charge in [-0.2, -0.15) is 10.2 Å². The van der Waals surface area contributed by atoms with Crippen LogP contribution in [-0.2, 0) is 0 Å². The van der Waals surface area contributed by atoms with Crippen LogP contribution in [0.15, 0.2) is 42.7 Å². The van der Waals surface area contributed by atoms with Crippen molar-refractivity contribution in [1.82, 2.24) is 39.4 Å². The summed E-state index contributed by atoms with van der Waals surface area (Å²) in [5, 5.41) is 15.7. The third-order valence-electron chi connectivity index (χ3n) is 7.36. The second-order valence-electron chi connectivity index (χ2n) is 10.3. The fraction of sp³-hybridized carbons (Fsp3) is 0.321. The molecule has 10 nitrogen and oxygen atoms in total. The first kappa shape index (κ1) is 27.6. The minimum absolute atomic E-state index is 0.243. The molecule has 1 N–H and O–H groups in total. The molecule has 0 atom stereocenters. The lowest BCUT2D eigenvalue weighted by Crippen LogP contribution is -2.42. The van der Waals surface area contributed by atoms with Crippen molar-refractivity contribution in [3.63, 3.8) is 0 Å². The zero-order chi connectivity index (χ0) is 29.7. The second kappa shape index (κ2) is 10.7. The predicted molar refractivity (Wildman–Crippen MR) is 147 cm³/mol. The minimum Gasteiger partial charge on any atom is -0.494 e. The molecule has 1 aliphatic rings. The van der Waals surface area contributed by atoms with Gasteiger partial charge in [0.25, 0.3) is 12.9 Å². The van der Waals surface area contributed by atoms with Crippen molar-refractivity contribution in [2.75, 3.05) is 32.6 Å². The maximum atomic E-state index is 13.9. The Kier molecular flexibility index (Phi) is 7.01. The van der Waals surface area contributed by atoms with Crippen molar-refractivity contribution >= 4 is 22.5 Å². The van der Waals surface area contributed by atoms with E-state index in [-0.39, 0.29) is 17.3 Å². The number of rotatable bonds is 8. The van der Waals surface area contributed by atoms with Gasteiger partial charge in [-0.1, -0.05) is 0 Å². The van der Waals surface area contributed by atoms with Crippen LogP contribution in [0.5, 0.6) is 5.75 Å². The number of aryl methyl sites for hydroxylation is 2. The van der Waals surface area contributed by atoms with Crippen molar-refractivity contribution < 1.29 is 22.3 Å². The lowest BCUT2D eigenvalue weighted by molar-refractivity contribution is 0.145. The number of alkyl halides is 4. The number of hydrogen-bond acceptors (Lipinski definition) is 8. The van der Waals surface area contributed by atoms with E-state index in [2.05, 4.69) is 42.5 Å². The lowest BCUT2D eigenvalue weighted by Gasteiger charge is -2.37. The van der Waals surface area contributed by atoms with Crippen molar-refractivity contribution in [2.24, 2.45) is 0 Å². The van der Waals surface area contributed by atoms with Crippen LogP contribution < -0.4 is 10.1 Å². The molecular formula is C28H27F4N9O. The topological polar surface area (TPSA) is 98.8 Å². The number of halogens is 4. The number of pyridine rings is 1. The smallest absolute Gasteiger partial charge is 0.282 e. The molecule has 0 radical (unpaired) electrons. The molecule has 1 fully saturated rings. The summed E-state index contributed by atoms with van der Waals surface area (Å²) in [5.41, 5.74) is 3.07. The molecule has 14 heteroatoms. The first-order valence-corrected chi connectivity index (χ1v) is 13.1. The van der Waals surface area contributed by atoms with Gasteiger partial charge in [0.1, 0.15) is 23.6 Å². The van der Waals surface area contributed by atoms with Gasteiger partial charge in [0, 0.05) is 30.8 Å². The van der Waals surface area contributed by atoms with Crippen molar-refractivity contribution in [1.29, 1.82) is 0 Å². The number of likely N-dealkylation sites (tertiary alicyclic amines) is 1. The Balaban J connectivity index is 1.38. The van der Waals surface area contributed by atoms with E-state index in [0.29, 0.717) is 34.2 Å². The summed E-state index contributed by atoms with van der Waals surface area (Å²) < 4.78 is 62.6. The number of benzene rings is 1. The van der Waals surface area contributed by atoms with E-state index in [1.165, 1.54) is 32.5 Å². The quantitative estimate of drug-likeness (QED) is 0.234. The van der Waals surface area contributed by atoms with Gasteiger partial charge >= 0.3 is 0 Å². The molecule has 6 rings (SSSR count). The average Bonchev–Trinajstić information content (AvgIpc) is 3.54. The SMILES string of the molecule is COc1cc2c(cc1Nc1cc(C3CN(C)C3)c(C)nn1)ncn2-c1ccc(C(F)F)c(-n2nc(C(F)F)cc2C)n1. The number of nitrogens with one attached hydrogen (secondary N) is 1. The van der Waals surface area contributed by atoms with E-state index in [9.17, 15) is 17.6 Å². The van der Waals surface area contributed by atoms with E-state index in [1.807, 2.05) is 13.0 Å². The highest BCUT2D eigenvalue weighted by atomic mass is 19.3. The summed E-state index contributed by atoms with van der Waals surface area (Å²) in [6.45, 7) is 5.36. The van der Waals surface area contributed by atoms with Crippen LogP contribution in [0, 0.1) is 13.8 Å². The van der Waals surface area contributed by atoms with Crippen LogP contribution in [0.1, 0.15) is 47.0 Å². The average molecular weight is 582 g/mol. The van der Waals surface area contributed by atoms with Gasteiger partial charge in [0.05, 0.1) is 35.1 Å². The first-order chi connectivity index (χ1) is 20.1. The highest BCUT2D eigenvalue weighted by Gasteiger charge is 2.27. The molecule has 0 aliphatic carbocycles. The number of methoxy groups -OCH3 is 1. The second-order valence-corrected chi connectivity index (χ2v) is 10.3. The van der Waals surface area contributed by atoms with E-state index >= 15 is 0 Å². The molecule has 42 heavy (non-hydrogen) atoms. The summed E-state index contributed by atoms with van der Waals surface area (Å²) >= 11 is 0. The minimum atomic E-state index is -2.90. The lowest BCUT2D eigenvalue weighted by atomic mass is 9.91. The largest absolute Gasteiger partial charge is 0.494 e. The molecule has 1 saturated heterocycles. The van der Waals surface area contributed by atoms with E-state index in [4.69, 9.17) is 4.74 Å². The van der Waals surface area contributed by atoms with Crippen LogP contribution in [0.2, 0.25) is 0 Å². The number of ether oxygens (including phenoxy) is 1. The molecule has 0 bridgehead atoms. The molecule has 1 aromatic carbocycles. The number of nitrogens with zero attached hydrogens (tertiary/aromatic N) is 8. The van der Waals surface area contributed by atoms with Crippen LogP contribution in [0.3, 0.4) is 0 Å². The van der Waals surface area contributed by atoms with Gasteiger partial charge in [-0.15, -0.1) is 5.10 Å². The van der Waals surface area contributed by atoms with Gasteiger partial charge < -0.3 is 15.0 Å². The van der Waals surface area contributed by atoms with Crippen LogP contribution in [0.4, 0.5) is 29.1 Å². The van der Waals surface area contributed by atoms with Gasteiger partial charge in [0.15, 0.2) is 11.6 Å². The van der Waals surface area contributed by atoms with E-state index < -0.39 is 24.1 Å². The predicted octanol–water partition coefficient (Wildman–Crippen LogP) is 5.67. The first-order valence-electron chi connectivity index (χ1n) is 13.1. The number of imidazole rings is 1. The van der Waals surface area contributed by atoms with Crippen LogP contribution >= 0.6 is 0 Å². The molecule has 0 spiro atoms. The Morgan fingerprint density at radius 1 is 1.00 bits per heavy atom. The van der Waals surface area contributed by atoms with E-state index in [1.54, 1.807) is 16.7 Å².